The minimum Gasteiger partial charge on any atom is -0.471 e. The minimum atomic E-state index is -3.45. The standard InChI is InChI=1S/C19H21N3O4S/c23-19(21-13-16(14-21)26-18-5-1-2-10-20-18)15-6-8-17(9-7-15)27(24,25)22-11-3-4-12-22/h1-2,5-10,16H,3-4,11-14H2. The number of benzene rings is 1. The van der Waals surface area contributed by atoms with Gasteiger partial charge in [-0.25, -0.2) is 13.4 Å². The molecule has 1 aromatic heterocycles. The van der Waals surface area contributed by atoms with E-state index in [1.807, 2.05) is 12.1 Å². The highest BCUT2D eigenvalue weighted by atomic mass is 32.2. The van der Waals surface area contributed by atoms with Crippen LogP contribution < -0.4 is 4.74 Å². The van der Waals surface area contributed by atoms with Crippen LogP contribution in [-0.4, -0.2) is 60.8 Å². The first-order chi connectivity index (χ1) is 13.0. The van der Waals surface area contributed by atoms with Crippen molar-refractivity contribution in [3.05, 3.63) is 54.2 Å². The quantitative estimate of drug-likeness (QED) is 0.781. The van der Waals surface area contributed by atoms with Gasteiger partial charge in [0.15, 0.2) is 0 Å². The fraction of sp³-hybridized carbons (Fsp3) is 0.368. The van der Waals surface area contributed by atoms with E-state index in [4.69, 9.17) is 4.74 Å². The van der Waals surface area contributed by atoms with Crippen molar-refractivity contribution in [2.75, 3.05) is 26.2 Å². The summed E-state index contributed by atoms with van der Waals surface area (Å²) in [7, 11) is -3.45. The van der Waals surface area contributed by atoms with Gasteiger partial charge in [0.25, 0.3) is 5.91 Å². The molecule has 0 atom stereocenters. The van der Waals surface area contributed by atoms with Gasteiger partial charge in [-0.3, -0.25) is 4.79 Å². The maximum absolute atomic E-state index is 12.5. The van der Waals surface area contributed by atoms with Gasteiger partial charge in [-0.05, 0) is 43.2 Å². The zero-order valence-corrected chi connectivity index (χ0v) is 15.6. The molecule has 0 bridgehead atoms. The van der Waals surface area contributed by atoms with Crippen LogP contribution in [0.15, 0.2) is 53.6 Å². The van der Waals surface area contributed by atoms with Gasteiger partial charge in [0.05, 0.1) is 18.0 Å². The van der Waals surface area contributed by atoms with Gasteiger partial charge in [-0.1, -0.05) is 6.07 Å². The maximum Gasteiger partial charge on any atom is 0.254 e. The van der Waals surface area contributed by atoms with Crippen LogP contribution in [0, 0.1) is 0 Å². The Morgan fingerprint density at radius 3 is 2.37 bits per heavy atom. The summed E-state index contributed by atoms with van der Waals surface area (Å²) in [5.41, 5.74) is 0.478. The predicted molar refractivity (Wildman–Crippen MR) is 99.0 cm³/mol. The van der Waals surface area contributed by atoms with Gasteiger partial charge < -0.3 is 9.64 Å². The number of rotatable bonds is 5. The summed E-state index contributed by atoms with van der Waals surface area (Å²) in [6.07, 6.45) is 3.38. The van der Waals surface area contributed by atoms with E-state index in [2.05, 4.69) is 4.98 Å². The summed E-state index contributed by atoms with van der Waals surface area (Å²) >= 11 is 0. The third-order valence-corrected chi connectivity index (χ3v) is 6.78. The number of likely N-dealkylation sites (tertiary alicyclic amines) is 1. The molecule has 0 aliphatic carbocycles. The van der Waals surface area contributed by atoms with Gasteiger partial charge in [-0.2, -0.15) is 4.31 Å². The van der Waals surface area contributed by atoms with Gasteiger partial charge >= 0.3 is 0 Å². The van der Waals surface area contributed by atoms with Crippen molar-refractivity contribution in [3.63, 3.8) is 0 Å². The Hall–Kier alpha value is -2.45. The monoisotopic (exact) mass is 387 g/mol. The highest BCUT2D eigenvalue weighted by molar-refractivity contribution is 7.89. The van der Waals surface area contributed by atoms with E-state index in [1.54, 1.807) is 29.3 Å². The van der Waals surface area contributed by atoms with Gasteiger partial charge in [0.1, 0.15) is 6.10 Å². The number of pyridine rings is 1. The number of ether oxygens (including phenoxy) is 1. The molecule has 3 heterocycles. The second-order valence-corrected chi connectivity index (χ2v) is 8.69. The topological polar surface area (TPSA) is 79.8 Å². The number of carbonyl (C=O) groups is 1. The van der Waals surface area contributed by atoms with E-state index in [0.29, 0.717) is 37.6 Å². The molecule has 2 aromatic rings. The Kier molecular flexibility index (Phi) is 4.84. The summed E-state index contributed by atoms with van der Waals surface area (Å²) in [4.78, 5) is 18.6. The average Bonchev–Trinajstić information content (AvgIpc) is 3.20. The molecule has 27 heavy (non-hydrogen) atoms. The predicted octanol–water partition coefficient (Wildman–Crippen LogP) is 1.77. The number of nitrogens with zero attached hydrogens (tertiary/aromatic N) is 3. The van der Waals surface area contributed by atoms with E-state index in [-0.39, 0.29) is 16.9 Å². The molecule has 142 valence electrons. The van der Waals surface area contributed by atoms with E-state index in [9.17, 15) is 13.2 Å². The van der Waals surface area contributed by atoms with Crippen molar-refractivity contribution < 1.29 is 17.9 Å². The molecule has 0 saturated carbocycles. The second kappa shape index (κ2) is 7.28. The van der Waals surface area contributed by atoms with Crippen molar-refractivity contribution in [1.82, 2.24) is 14.2 Å². The third kappa shape index (κ3) is 3.68. The molecular weight excluding hydrogens is 366 g/mol. The van der Waals surface area contributed by atoms with Crippen molar-refractivity contribution >= 4 is 15.9 Å². The largest absolute Gasteiger partial charge is 0.471 e. The first-order valence-electron chi connectivity index (χ1n) is 9.01. The molecule has 0 radical (unpaired) electrons. The molecule has 7 nitrogen and oxygen atoms in total. The zero-order chi connectivity index (χ0) is 18.9. The number of hydrogen-bond acceptors (Lipinski definition) is 5. The van der Waals surface area contributed by atoms with Crippen LogP contribution >= 0.6 is 0 Å². The third-order valence-electron chi connectivity index (χ3n) is 4.86. The normalized spacial score (nSPS) is 18.3. The molecule has 1 aromatic carbocycles. The van der Waals surface area contributed by atoms with Crippen molar-refractivity contribution in [2.45, 2.75) is 23.8 Å². The Bertz CT molecular complexity index is 904. The number of carbonyl (C=O) groups excluding carboxylic acids is 1. The van der Waals surface area contributed by atoms with E-state index >= 15 is 0 Å². The number of hydrogen-bond donors (Lipinski definition) is 0. The molecule has 2 saturated heterocycles. The lowest BCUT2D eigenvalue weighted by Crippen LogP contribution is -2.56. The average molecular weight is 387 g/mol. The molecule has 0 unspecified atom stereocenters. The second-order valence-electron chi connectivity index (χ2n) is 6.75. The van der Waals surface area contributed by atoms with Crippen LogP contribution in [0.2, 0.25) is 0 Å². The van der Waals surface area contributed by atoms with E-state index in [1.165, 1.54) is 16.4 Å². The fourth-order valence-corrected chi connectivity index (χ4v) is 4.81. The summed E-state index contributed by atoms with van der Waals surface area (Å²) in [5, 5.41) is 0. The number of amides is 1. The van der Waals surface area contributed by atoms with E-state index in [0.717, 1.165) is 12.8 Å². The van der Waals surface area contributed by atoms with Crippen molar-refractivity contribution in [3.8, 4) is 5.88 Å². The lowest BCUT2D eigenvalue weighted by atomic mass is 10.1. The van der Waals surface area contributed by atoms with Crippen molar-refractivity contribution in [1.29, 1.82) is 0 Å². The molecule has 0 spiro atoms. The Morgan fingerprint density at radius 1 is 1.04 bits per heavy atom. The van der Waals surface area contributed by atoms with Crippen molar-refractivity contribution in [2.24, 2.45) is 0 Å². The van der Waals surface area contributed by atoms with Gasteiger partial charge in [0.2, 0.25) is 15.9 Å². The minimum absolute atomic E-state index is 0.0707. The maximum atomic E-state index is 12.5. The number of sulfonamides is 1. The first kappa shape index (κ1) is 17.9. The molecule has 8 heteroatoms. The molecule has 2 fully saturated rings. The summed E-state index contributed by atoms with van der Waals surface area (Å²) in [6, 6.07) is 11.6. The molecule has 1 amide bonds. The Labute approximate surface area is 158 Å². The Balaban J connectivity index is 1.36. The summed E-state index contributed by atoms with van der Waals surface area (Å²) < 4.78 is 32.3. The lowest BCUT2D eigenvalue weighted by Gasteiger charge is -2.38. The van der Waals surface area contributed by atoms with Crippen LogP contribution in [0.5, 0.6) is 5.88 Å². The molecule has 2 aliphatic heterocycles. The SMILES string of the molecule is O=C(c1ccc(S(=O)(=O)N2CCCC2)cc1)N1CC(Oc2ccccn2)C1. The lowest BCUT2D eigenvalue weighted by molar-refractivity contribution is 0.0160. The van der Waals surface area contributed by atoms with Crippen LogP contribution in [0.3, 0.4) is 0 Å². The number of aromatic nitrogens is 1. The first-order valence-corrected chi connectivity index (χ1v) is 10.5. The Morgan fingerprint density at radius 2 is 1.74 bits per heavy atom. The summed E-state index contributed by atoms with van der Waals surface area (Å²) in [6.45, 7) is 2.11. The highest BCUT2D eigenvalue weighted by Gasteiger charge is 2.33. The van der Waals surface area contributed by atoms with E-state index < -0.39 is 10.0 Å². The van der Waals surface area contributed by atoms with Gasteiger partial charge in [-0.15, -0.1) is 0 Å². The zero-order valence-electron chi connectivity index (χ0n) is 14.8. The van der Waals surface area contributed by atoms with Crippen LogP contribution in [0.4, 0.5) is 0 Å². The smallest absolute Gasteiger partial charge is 0.254 e. The van der Waals surface area contributed by atoms with Crippen LogP contribution in [0.25, 0.3) is 0 Å². The summed E-state index contributed by atoms with van der Waals surface area (Å²) in [5.74, 6) is 0.423. The van der Waals surface area contributed by atoms with Crippen LogP contribution in [-0.2, 0) is 10.0 Å². The molecular formula is C19H21N3O4S. The van der Waals surface area contributed by atoms with Crippen LogP contribution in [0.1, 0.15) is 23.2 Å². The molecule has 4 rings (SSSR count). The molecule has 0 N–H and O–H groups in total. The highest BCUT2D eigenvalue weighted by Crippen LogP contribution is 2.23. The molecule has 2 aliphatic rings. The van der Waals surface area contributed by atoms with Gasteiger partial charge in [0, 0.05) is 30.9 Å². The fourth-order valence-electron chi connectivity index (χ4n) is 3.30.